The Bertz CT molecular complexity index is 1120. The minimum absolute atomic E-state index is 0.0921. The van der Waals surface area contributed by atoms with Crippen molar-refractivity contribution in [3.63, 3.8) is 0 Å². The van der Waals surface area contributed by atoms with E-state index < -0.39 is 32.3 Å². The summed E-state index contributed by atoms with van der Waals surface area (Å²) < 4.78 is 68.2. The van der Waals surface area contributed by atoms with Gasteiger partial charge >= 0.3 is 0 Å². The average molecular weight is 509 g/mol. The van der Waals surface area contributed by atoms with Crippen molar-refractivity contribution in [1.82, 2.24) is 8.61 Å². The van der Waals surface area contributed by atoms with Crippen LogP contribution in [-0.4, -0.2) is 76.0 Å². The molecule has 4 rings (SSSR count). The Labute approximate surface area is 202 Å². The van der Waals surface area contributed by atoms with Gasteiger partial charge in [-0.15, -0.1) is 0 Å². The van der Waals surface area contributed by atoms with E-state index in [1.807, 2.05) is 13.8 Å². The molecule has 0 amide bonds. The summed E-state index contributed by atoms with van der Waals surface area (Å²) in [5, 5.41) is 0. The van der Waals surface area contributed by atoms with Crippen LogP contribution in [0.1, 0.15) is 25.0 Å². The van der Waals surface area contributed by atoms with Gasteiger partial charge in [-0.2, -0.15) is 8.61 Å². The second kappa shape index (κ2) is 9.67. The molecular formula is C24H32N2O6S2. The first-order valence-electron chi connectivity index (χ1n) is 11.4. The Morgan fingerprint density at radius 2 is 0.971 bits per heavy atom. The van der Waals surface area contributed by atoms with Crippen LogP contribution in [0.5, 0.6) is 0 Å². The first kappa shape index (κ1) is 25.3. The largest absolute Gasteiger partial charge is 0.372 e. The van der Waals surface area contributed by atoms with Crippen LogP contribution in [-0.2, 0) is 29.5 Å². The molecule has 0 bridgehead atoms. The summed E-state index contributed by atoms with van der Waals surface area (Å²) in [6.45, 7) is 8.01. The van der Waals surface area contributed by atoms with Crippen molar-refractivity contribution in [3.8, 4) is 0 Å². The molecule has 0 spiro atoms. The van der Waals surface area contributed by atoms with Crippen LogP contribution < -0.4 is 0 Å². The van der Waals surface area contributed by atoms with Gasteiger partial charge in [0.2, 0.25) is 20.0 Å². The van der Waals surface area contributed by atoms with Gasteiger partial charge in [0, 0.05) is 25.2 Å². The summed E-state index contributed by atoms with van der Waals surface area (Å²) in [6.07, 6.45) is -1.17. The first-order chi connectivity index (χ1) is 16.0. The maximum atomic E-state index is 13.3. The molecule has 2 aromatic carbocycles. The van der Waals surface area contributed by atoms with Crippen LogP contribution in [0.3, 0.4) is 0 Å². The molecule has 2 aromatic rings. The number of rotatable bonds is 5. The van der Waals surface area contributed by atoms with Gasteiger partial charge in [-0.25, -0.2) is 16.8 Å². The van der Waals surface area contributed by atoms with Crippen molar-refractivity contribution in [2.45, 2.75) is 61.8 Å². The highest BCUT2D eigenvalue weighted by Crippen LogP contribution is 2.29. The Balaban J connectivity index is 1.55. The first-order valence-corrected chi connectivity index (χ1v) is 14.3. The van der Waals surface area contributed by atoms with E-state index in [9.17, 15) is 16.8 Å². The molecule has 2 saturated heterocycles. The smallest absolute Gasteiger partial charge is 0.243 e. The van der Waals surface area contributed by atoms with E-state index in [-0.39, 0.29) is 48.2 Å². The molecule has 10 heteroatoms. The number of morpholine rings is 2. The molecule has 0 saturated carbocycles. The maximum Gasteiger partial charge on any atom is 0.243 e. The predicted octanol–water partition coefficient (Wildman–Crippen LogP) is 2.56. The van der Waals surface area contributed by atoms with Crippen molar-refractivity contribution in [1.29, 1.82) is 0 Å². The van der Waals surface area contributed by atoms with E-state index in [0.29, 0.717) is 0 Å². The van der Waals surface area contributed by atoms with Crippen LogP contribution in [0.2, 0.25) is 0 Å². The van der Waals surface area contributed by atoms with Gasteiger partial charge in [-0.3, -0.25) is 0 Å². The van der Waals surface area contributed by atoms with Gasteiger partial charge in [0.25, 0.3) is 0 Å². The fraction of sp³-hybridized carbons (Fsp3) is 0.500. The summed E-state index contributed by atoms with van der Waals surface area (Å²) in [6, 6.07) is 12.8. The second-order valence-electron chi connectivity index (χ2n) is 9.22. The van der Waals surface area contributed by atoms with Gasteiger partial charge in [-0.05, 0) is 52.0 Å². The van der Waals surface area contributed by atoms with Gasteiger partial charge in [0.1, 0.15) is 0 Å². The van der Waals surface area contributed by atoms with Gasteiger partial charge in [-0.1, -0.05) is 35.4 Å². The molecule has 8 nitrogen and oxygen atoms in total. The fourth-order valence-corrected chi connectivity index (χ4v) is 7.58. The molecule has 4 atom stereocenters. The third-order valence-corrected chi connectivity index (χ3v) is 10.5. The number of sulfonamides is 2. The summed E-state index contributed by atoms with van der Waals surface area (Å²) in [5.41, 5.74) is 1.96. The standard InChI is InChI=1S/C24H32N2O6S2/c1-17-5-9-21(10-6-17)33(27,28)25-13-23(31-15-19(25)3)24-14-26(20(4)16-32-24)34(29,30)22-11-7-18(2)8-12-22/h5-12,19-20,23-24H,13-16H2,1-4H3/t19-,20-,23-,24-/m0/s1. The zero-order chi connectivity index (χ0) is 24.7. The molecule has 2 aliphatic rings. The van der Waals surface area contributed by atoms with Crippen molar-refractivity contribution in [2.24, 2.45) is 0 Å². The lowest BCUT2D eigenvalue weighted by Crippen LogP contribution is -2.60. The molecule has 2 heterocycles. The van der Waals surface area contributed by atoms with E-state index in [0.717, 1.165) is 11.1 Å². The number of hydrogen-bond acceptors (Lipinski definition) is 6. The molecule has 0 radical (unpaired) electrons. The highest BCUT2D eigenvalue weighted by atomic mass is 32.2. The number of ether oxygens (including phenoxy) is 2. The summed E-state index contributed by atoms with van der Waals surface area (Å²) in [5.74, 6) is 0. The molecular weight excluding hydrogens is 476 g/mol. The highest BCUT2D eigenvalue weighted by molar-refractivity contribution is 7.89. The van der Waals surface area contributed by atoms with Crippen molar-refractivity contribution >= 4 is 20.0 Å². The molecule has 0 aromatic heterocycles. The van der Waals surface area contributed by atoms with Crippen LogP contribution >= 0.6 is 0 Å². The molecule has 186 valence electrons. The molecule has 34 heavy (non-hydrogen) atoms. The maximum absolute atomic E-state index is 13.3. The normalized spacial score (nSPS) is 27.5. The molecule has 0 aliphatic carbocycles. The zero-order valence-electron chi connectivity index (χ0n) is 19.9. The monoisotopic (exact) mass is 508 g/mol. The molecule has 0 unspecified atom stereocenters. The number of aryl methyl sites for hydroxylation is 2. The lowest BCUT2D eigenvalue weighted by molar-refractivity contribution is -0.137. The minimum atomic E-state index is -3.73. The number of benzene rings is 2. The predicted molar refractivity (Wildman–Crippen MR) is 129 cm³/mol. The van der Waals surface area contributed by atoms with E-state index in [1.165, 1.54) is 8.61 Å². The number of nitrogens with zero attached hydrogens (tertiary/aromatic N) is 2. The van der Waals surface area contributed by atoms with Crippen LogP contribution in [0.4, 0.5) is 0 Å². The SMILES string of the molecule is Cc1ccc(S(=O)(=O)N2C[C@@H]([C@@H]3CN(S(=O)(=O)c4ccc(C)cc4)[C@@H](C)CO3)OC[C@@H]2C)cc1. The third-order valence-electron chi connectivity index (χ3n) is 6.48. The molecule has 0 N–H and O–H groups in total. The third kappa shape index (κ3) is 4.93. The Hall–Kier alpha value is -1.82. The van der Waals surface area contributed by atoms with E-state index >= 15 is 0 Å². The lowest BCUT2D eigenvalue weighted by atomic mass is 10.1. The second-order valence-corrected chi connectivity index (χ2v) is 13.0. The molecule has 2 aliphatic heterocycles. The minimum Gasteiger partial charge on any atom is -0.372 e. The van der Waals surface area contributed by atoms with E-state index in [4.69, 9.17) is 9.47 Å². The van der Waals surface area contributed by atoms with Crippen molar-refractivity contribution < 1.29 is 26.3 Å². The van der Waals surface area contributed by atoms with Crippen LogP contribution in [0.15, 0.2) is 58.3 Å². The summed E-state index contributed by atoms with van der Waals surface area (Å²) in [7, 11) is -7.47. The summed E-state index contributed by atoms with van der Waals surface area (Å²) in [4.78, 5) is 0.458. The fourth-order valence-electron chi connectivity index (χ4n) is 4.32. The zero-order valence-corrected chi connectivity index (χ0v) is 21.6. The topological polar surface area (TPSA) is 93.2 Å². The van der Waals surface area contributed by atoms with Crippen LogP contribution in [0, 0.1) is 13.8 Å². The van der Waals surface area contributed by atoms with E-state index in [2.05, 4.69) is 0 Å². The van der Waals surface area contributed by atoms with Gasteiger partial charge < -0.3 is 9.47 Å². The Morgan fingerprint density at radius 3 is 1.29 bits per heavy atom. The van der Waals surface area contributed by atoms with Crippen LogP contribution in [0.25, 0.3) is 0 Å². The summed E-state index contributed by atoms with van der Waals surface area (Å²) >= 11 is 0. The van der Waals surface area contributed by atoms with Gasteiger partial charge in [0.05, 0.1) is 35.2 Å². The Kier molecular flexibility index (Phi) is 7.19. The highest BCUT2D eigenvalue weighted by Gasteiger charge is 2.43. The quantitative estimate of drug-likeness (QED) is 0.616. The van der Waals surface area contributed by atoms with Crippen molar-refractivity contribution in [3.05, 3.63) is 59.7 Å². The van der Waals surface area contributed by atoms with Crippen molar-refractivity contribution in [2.75, 3.05) is 26.3 Å². The average Bonchev–Trinajstić information content (AvgIpc) is 2.80. The molecule has 2 fully saturated rings. The lowest BCUT2D eigenvalue weighted by Gasteiger charge is -2.44. The number of hydrogen-bond donors (Lipinski definition) is 0. The Morgan fingerprint density at radius 1 is 0.647 bits per heavy atom. The van der Waals surface area contributed by atoms with Gasteiger partial charge in [0.15, 0.2) is 0 Å². The van der Waals surface area contributed by atoms with E-state index in [1.54, 1.807) is 62.4 Å².